The topological polar surface area (TPSA) is 94.3 Å². The van der Waals surface area contributed by atoms with E-state index < -0.39 is 10.0 Å². The van der Waals surface area contributed by atoms with Gasteiger partial charge in [0.2, 0.25) is 21.7 Å². The van der Waals surface area contributed by atoms with Crippen molar-refractivity contribution in [2.75, 3.05) is 7.11 Å². The third-order valence-corrected chi connectivity index (χ3v) is 5.21. The number of nitrogens with zero attached hydrogens (tertiary/aromatic N) is 2. The van der Waals surface area contributed by atoms with E-state index in [0.29, 0.717) is 27.7 Å². The molecule has 0 fully saturated rings. The van der Waals surface area contributed by atoms with E-state index in [1.54, 1.807) is 43.5 Å². The quantitative estimate of drug-likeness (QED) is 0.663. The molecule has 0 aliphatic carbocycles. The summed E-state index contributed by atoms with van der Waals surface area (Å²) in [6.45, 7) is -0.116. The number of hydrogen-bond donors (Lipinski definition) is 1. The van der Waals surface area contributed by atoms with E-state index in [1.807, 2.05) is 12.1 Å². The Morgan fingerprint density at radius 1 is 1.15 bits per heavy atom. The Hall–Kier alpha value is -2.42. The van der Waals surface area contributed by atoms with Crippen molar-refractivity contribution in [1.29, 1.82) is 0 Å². The Kier molecular flexibility index (Phi) is 5.55. The predicted octanol–water partition coefficient (Wildman–Crippen LogP) is 3.02. The van der Waals surface area contributed by atoms with E-state index in [2.05, 4.69) is 14.9 Å². The average molecular weight is 394 g/mol. The minimum absolute atomic E-state index is 0.116. The summed E-state index contributed by atoms with van der Waals surface area (Å²) in [6, 6.07) is 14.0. The molecule has 0 amide bonds. The molecule has 2 aromatic carbocycles. The van der Waals surface area contributed by atoms with Crippen molar-refractivity contribution >= 4 is 21.6 Å². The largest absolute Gasteiger partial charge is 0.496 e. The molecule has 1 heterocycles. The maximum atomic E-state index is 12.2. The molecule has 7 nitrogen and oxygen atoms in total. The van der Waals surface area contributed by atoms with Gasteiger partial charge in [-0.3, -0.25) is 0 Å². The van der Waals surface area contributed by atoms with Crippen molar-refractivity contribution in [3.8, 4) is 17.1 Å². The maximum Gasteiger partial charge on any atom is 0.242 e. The highest BCUT2D eigenvalue weighted by Crippen LogP contribution is 2.27. The van der Waals surface area contributed by atoms with Gasteiger partial charge in [-0.15, -0.1) is 0 Å². The molecule has 3 rings (SSSR count). The van der Waals surface area contributed by atoms with Gasteiger partial charge in [0.1, 0.15) is 5.75 Å². The number of aromatic nitrogens is 2. The van der Waals surface area contributed by atoms with Crippen LogP contribution in [0.5, 0.6) is 5.75 Å². The first-order chi connectivity index (χ1) is 12.5. The highest BCUT2D eigenvalue weighted by Gasteiger charge is 2.17. The van der Waals surface area contributed by atoms with Crippen molar-refractivity contribution in [3.63, 3.8) is 0 Å². The molecule has 0 saturated carbocycles. The number of rotatable bonds is 7. The Labute approximate surface area is 156 Å². The zero-order valence-electron chi connectivity index (χ0n) is 13.8. The lowest BCUT2D eigenvalue weighted by Gasteiger charge is -2.06. The number of methoxy groups -OCH3 is 1. The second-order valence-electron chi connectivity index (χ2n) is 5.38. The molecular formula is C17H16ClN3O4S. The number of para-hydroxylation sites is 1. The van der Waals surface area contributed by atoms with Crippen LogP contribution in [0.4, 0.5) is 0 Å². The van der Waals surface area contributed by atoms with Crippen LogP contribution in [0.15, 0.2) is 53.1 Å². The standard InChI is InChI=1S/C17H16ClN3O4S/c1-24-15-9-5-3-7-13(15)17-20-16(25-21-17)10-19-26(22,23)11-12-6-2-4-8-14(12)18/h2-9,19H,10-11H2,1H3. The molecular weight excluding hydrogens is 378 g/mol. The molecule has 1 aromatic heterocycles. The Morgan fingerprint density at radius 2 is 1.88 bits per heavy atom. The second kappa shape index (κ2) is 7.86. The number of nitrogens with one attached hydrogen (secondary N) is 1. The Balaban J connectivity index is 1.69. The molecule has 0 bridgehead atoms. The van der Waals surface area contributed by atoms with Gasteiger partial charge >= 0.3 is 0 Å². The summed E-state index contributed by atoms with van der Waals surface area (Å²) < 4.78 is 37.3. The molecule has 0 radical (unpaired) electrons. The van der Waals surface area contributed by atoms with Crippen LogP contribution in [0, 0.1) is 0 Å². The number of hydrogen-bond acceptors (Lipinski definition) is 6. The van der Waals surface area contributed by atoms with Gasteiger partial charge in [-0.05, 0) is 23.8 Å². The van der Waals surface area contributed by atoms with Crippen molar-refractivity contribution in [1.82, 2.24) is 14.9 Å². The van der Waals surface area contributed by atoms with E-state index >= 15 is 0 Å². The minimum atomic E-state index is -3.61. The fraction of sp³-hybridized carbons (Fsp3) is 0.176. The van der Waals surface area contributed by atoms with Crippen LogP contribution in [-0.4, -0.2) is 25.7 Å². The molecule has 26 heavy (non-hydrogen) atoms. The van der Waals surface area contributed by atoms with E-state index in [9.17, 15) is 8.42 Å². The highest BCUT2D eigenvalue weighted by molar-refractivity contribution is 7.88. The molecule has 1 N–H and O–H groups in total. The summed E-state index contributed by atoms with van der Waals surface area (Å²) in [5.74, 6) is 0.829. The predicted molar refractivity (Wildman–Crippen MR) is 97.2 cm³/mol. The van der Waals surface area contributed by atoms with Crippen LogP contribution >= 0.6 is 11.6 Å². The average Bonchev–Trinajstić information content (AvgIpc) is 3.11. The highest BCUT2D eigenvalue weighted by atomic mass is 35.5. The lowest BCUT2D eigenvalue weighted by atomic mass is 10.2. The summed E-state index contributed by atoms with van der Waals surface area (Å²) in [7, 11) is -2.07. The fourth-order valence-electron chi connectivity index (χ4n) is 2.31. The van der Waals surface area contributed by atoms with Gasteiger partial charge in [-0.1, -0.05) is 47.1 Å². The molecule has 136 valence electrons. The molecule has 0 aliphatic heterocycles. The van der Waals surface area contributed by atoms with E-state index in [1.165, 1.54) is 0 Å². The van der Waals surface area contributed by atoms with Crippen LogP contribution in [0.25, 0.3) is 11.4 Å². The molecule has 0 saturated heterocycles. The summed E-state index contributed by atoms with van der Waals surface area (Å²) in [6.07, 6.45) is 0. The first-order valence-corrected chi connectivity index (χ1v) is 9.68. The van der Waals surface area contributed by atoms with Gasteiger partial charge in [-0.25, -0.2) is 13.1 Å². The van der Waals surface area contributed by atoms with Crippen LogP contribution in [0.2, 0.25) is 5.02 Å². The Bertz CT molecular complexity index is 1000. The third-order valence-electron chi connectivity index (χ3n) is 3.56. The van der Waals surface area contributed by atoms with Gasteiger partial charge in [0.15, 0.2) is 0 Å². The summed E-state index contributed by atoms with van der Waals surface area (Å²) >= 11 is 6.00. The molecule has 0 aliphatic rings. The normalized spacial score (nSPS) is 11.5. The number of sulfonamides is 1. The lowest BCUT2D eigenvalue weighted by molar-refractivity contribution is 0.375. The van der Waals surface area contributed by atoms with Crippen LogP contribution < -0.4 is 9.46 Å². The van der Waals surface area contributed by atoms with Crippen LogP contribution in [0.1, 0.15) is 11.5 Å². The smallest absolute Gasteiger partial charge is 0.242 e. The lowest BCUT2D eigenvalue weighted by Crippen LogP contribution is -2.25. The molecule has 0 unspecified atom stereocenters. The third kappa shape index (κ3) is 4.40. The van der Waals surface area contributed by atoms with Crippen LogP contribution in [-0.2, 0) is 22.3 Å². The first kappa shape index (κ1) is 18.4. The number of halogens is 1. The summed E-state index contributed by atoms with van der Waals surface area (Å²) in [5.41, 5.74) is 1.17. The fourth-order valence-corrected chi connectivity index (χ4v) is 3.70. The van der Waals surface area contributed by atoms with Crippen molar-refractivity contribution in [2.45, 2.75) is 12.3 Å². The summed E-state index contributed by atoms with van der Waals surface area (Å²) in [4.78, 5) is 4.21. The van der Waals surface area contributed by atoms with Gasteiger partial charge in [0.25, 0.3) is 0 Å². The maximum absolute atomic E-state index is 12.2. The van der Waals surface area contributed by atoms with Crippen molar-refractivity contribution < 1.29 is 17.7 Å². The van der Waals surface area contributed by atoms with Gasteiger partial charge in [-0.2, -0.15) is 4.98 Å². The molecule has 3 aromatic rings. The van der Waals surface area contributed by atoms with Gasteiger partial charge in [0, 0.05) is 5.02 Å². The Morgan fingerprint density at radius 3 is 2.65 bits per heavy atom. The second-order valence-corrected chi connectivity index (χ2v) is 7.60. The minimum Gasteiger partial charge on any atom is -0.496 e. The van der Waals surface area contributed by atoms with E-state index in [4.69, 9.17) is 20.9 Å². The monoisotopic (exact) mass is 393 g/mol. The van der Waals surface area contributed by atoms with E-state index in [0.717, 1.165) is 0 Å². The molecule has 0 spiro atoms. The zero-order chi connectivity index (χ0) is 18.6. The van der Waals surface area contributed by atoms with Gasteiger partial charge in [0.05, 0.1) is 25.0 Å². The molecule has 9 heteroatoms. The van der Waals surface area contributed by atoms with Crippen molar-refractivity contribution in [3.05, 3.63) is 65.0 Å². The number of ether oxygens (including phenoxy) is 1. The number of benzene rings is 2. The van der Waals surface area contributed by atoms with Crippen LogP contribution in [0.3, 0.4) is 0 Å². The first-order valence-electron chi connectivity index (χ1n) is 7.65. The van der Waals surface area contributed by atoms with Gasteiger partial charge < -0.3 is 9.26 Å². The summed E-state index contributed by atoms with van der Waals surface area (Å²) in [5, 5.41) is 4.27. The molecule has 0 atom stereocenters. The van der Waals surface area contributed by atoms with E-state index in [-0.39, 0.29) is 18.2 Å². The van der Waals surface area contributed by atoms with Crippen molar-refractivity contribution in [2.24, 2.45) is 0 Å². The zero-order valence-corrected chi connectivity index (χ0v) is 15.4. The SMILES string of the molecule is COc1ccccc1-c1noc(CNS(=O)(=O)Cc2ccccc2Cl)n1.